The van der Waals surface area contributed by atoms with Gasteiger partial charge in [0, 0.05) is 0 Å². The maximum atomic E-state index is 9.32. The van der Waals surface area contributed by atoms with Gasteiger partial charge in [-0.05, 0) is 56.5 Å². The minimum atomic E-state index is 0.0689. The van der Waals surface area contributed by atoms with Crippen LogP contribution in [0.25, 0.3) is 0 Å². The number of rotatable bonds is 4. The third-order valence-electron chi connectivity index (χ3n) is 4.01. The van der Waals surface area contributed by atoms with E-state index in [0.29, 0.717) is 0 Å². The van der Waals surface area contributed by atoms with E-state index in [9.17, 15) is 5.26 Å². The molecule has 1 aliphatic carbocycles. The van der Waals surface area contributed by atoms with Crippen molar-refractivity contribution < 1.29 is 0 Å². The SMILES string of the molecule is CCC(C#N)C(c1ccc2c(c1)CCC2)N(C)C. The smallest absolute Gasteiger partial charge is 0.0675 e. The molecule has 18 heavy (non-hydrogen) atoms. The molecule has 0 amide bonds. The molecule has 1 aromatic carbocycles. The lowest BCUT2D eigenvalue weighted by Crippen LogP contribution is -2.26. The summed E-state index contributed by atoms with van der Waals surface area (Å²) in [6.45, 7) is 2.09. The Hall–Kier alpha value is -1.33. The van der Waals surface area contributed by atoms with E-state index in [2.05, 4.69) is 50.2 Å². The molecule has 0 radical (unpaired) electrons. The monoisotopic (exact) mass is 242 g/mol. The highest BCUT2D eigenvalue weighted by molar-refractivity contribution is 5.37. The van der Waals surface area contributed by atoms with E-state index in [4.69, 9.17) is 0 Å². The summed E-state index contributed by atoms with van der Waals surface area (Å²) in [6, 6.07) is 9.48. The molecule has 0 saturated carbocycles. The molecule has 2 atom stereocenters. The first kappa shape index (κ1) is 13.1. The van der Waals surface area contributed by atoms with Crippen molar-refractivity contribution in [2.45, 2.75) is 38.6 Å². The molecular formula is C16H22N2. The molecule has 2 nitrogen and oxygen atoms in total. The Morgan fingerprint density at radius 3 is 2.61 bits per heavy atom. The van der Waals surface area contributed by atoms with Crippen LogP contribution in [0, 0.1) is 17.2 Å². The Labute approximate surface area is 110 Å². The van der Waals surface area contributed by atoms with E-state index in [0.717, 1.165) is 6.42 Å². The quantitative estimate of drug-likeness (QED) is 0.809. The molecule has 0 N–H and O–H groups in total. The summed E-state index contributed by atoms with van der Waals surface area (Å²) < 4.78 is 0. The molecule has 2 heteroatoms. The maximum absolute atomic E-state index is 9.32. The first-order chi connectivity index (χ1) is 8.67. The number of nitrogens with zero attached hydrogens (tertiary/aromatic N) is 2. The van der Waals surface area contributed by atoms with Gasteiger partial charge in [-0.25, -0.2) is 0 Å². The molecule has 96 valence electrons. The minimum absolute atomic E-state index is 0.0689. The second-order valence-electron chi connectivity index (χ2n) is 5.43. The number of benzene rings is 1. The van der Waals surface area contributed by atoms with E-state index in [1.807, 2.05) is 0 Å². The molecule has 2 rings (SSSR count). The van der Waals surface area contributed by atoms with Crippen molar-refractivity contribution in [2.24, 2.45) is 5.92 Å². The van der Waals surface area contributed by atoms with Crippen molar-refractivity contribution in [3.63, 3.8) is 0 Å². The maximum Gasteiger partial charge on any atom is 0.0675 e. The number of aryl methyl sites for hydroxylation is 2. The van der Waals surface area contributed by atoms with E-state index in [-0.39, 0.29) is 12.0 Å². The van der Waals surface area contributed by atoms with Gasteiger partial charge in [0.15, 0.2) is 0 Å². The lowest BCUT2D eigenvalue weighted by molar-refractivity contribution is 0.241. The van der Waals surface area contributed by atoms with Crippen LogP contribution in [-0.2, 0) is 12.8 Å². The van der Waals surface area contributed by atoms with Crippen molar-refractivity contribution in [1.82, 2.24) is 4.90 Å². The molecule has 1 aliphatic rings. The molecule has 0 aliphatic heterocycles. The van der Waals surface area contributed by atoms with Gasteiger partial charge in [0.25, 0.3) is 0 Å². The molecular weight excluding hydrogens is 220 g/mol. The zero-order chi connectivity index (χ0) is 13.1. The van der Waals surface area contributed by atoms with Gasteiger partial charge < -0.3 is 4.90 Å². The second kappa shape index (κ2) is 5.54. The Bertz CT molecular complexity index is 457. The van der Waals surface area contributed by atoms with Gasteiger partial charge in [0.2, 0.25) is 0 Å². The number of nitriles is 1. The van der Waals surface area contributed by atoms with Gasteiger partial charge in [0.05, 0.1) is 18.0 Å². The van der Waals surface area contributed by atoms with Gasteiger partial charge in [-0.3, -0.25) is 0 Å². The summed E-state index contributed by atoms with van der Waals surface area (Å²) >= 11 is 0. The van der Waals surface area contributed by atoms with Gasteiger partial charge in [-0.1, -0.05) is 25.1 Å². The fraction of sp³-hybridized carbons (Fsp3) is 0.562. The van der Waals surface area contributed by atoms with Crippen LogP contribution in [0.3, 0.4) is 0 Å². The molecule has 0 aromatic heterocycles. The summed E-state index contributed by atoms with van der Waals surface area (Å²) in [5, 5.41) is 9.32. The largest absolute Gasteiger partial charge is 0.301 e. The Kier molecular flexibility index (Phi) is 4.04. The zero-order valence-electron chi connectivity index (χ0n) is 11.6. The average molecular weight is 242 g/mol. The predicted molar refractivity (Wildman–Crippen MR) is 74.3 cm³/mol. The average Bonchev–Trinajstić information content (AvgIpc) is 2.82. The molecule has 0 spiro atoms. The van der Waals surface area contributed by atoms with Gasteiger partial charge in [0.1, 0.15) is 0 Å². The predicted octanol–water partition coefficient (Wildman–Crippen LogP) is 3.33. The van der Waals surface area contributed by atoms with E-state index >= 15 is 0 Å². The summed E-state index contributed by atoms with van der Waals surface area (Å²) in [5.74, 6) is 0.0689. The third kappa shape index (κ3) is 2.42. The number of fused-ring (bicyclic) bond motifs is 1. The first-order valence-corrected chi connectivity index (χ1v) is 6.85. The van der Waals surface area contributed by atoms with Crippen LogP contribution < -0.4 is 0 Å². The van der Waals surface area contributed by atoms with Crippen LogP contribution in [0.1, 0.15) is 42.5 Å². The first-order valence-electron chi connectivity index (χ1n) is 6.85. The van der Waals surface area contributed by atoms with Crippen LogP contribution in [0.5, 0.6) is 0 Å². The number of hydrogen-bond acceptors (Lipinski definition) is 2. The fourth-order valence-corrected chi connectivity index (χ4v) is 3.05. The van der Waals surface area contributed by atoms with Crippen LogP contribution in [0.15, 0.2) is 18.2 Å². The van der Waals surface area contributed by atoms with Gasteiger partial charge >= 0.3 is 0 Å². The van der Waals surface area contributed by atoms with Gasteiger partial charge in [-0.2, -0.15) is 5.26 Å². The molecule has 0 fully saturated rings. The lowest BCUT2D eigenvalue weighted by atomic mass is 9.89. The topological polar surface area (TPSA) is 27.0 Å². The minimum Gasteiger partial charge on any atom is -0.301 e. The fourth-order valence-electron chi connectivity index (χ4n) is 3.05. The summed E-state index contributed by atoms with van der Waals surface area (Å²) in [4.78, 5) is 2.17. The van der Waals surface area contributed by atoms with Crippen LogP contribution in [0.4, 0.5) is 0 Å². The molecule has 0 saturated heterocycles. The van der Waals surface area contributed by atoms with Crippen molar-refractivity contribution in [1.29, 1.82) is 5.26 Å². The van der Waals surface area contributed by atoms with Crippen LogP contribution >= 0.6 is 0 Å². The molecule has 0 heterocycles. The summed E-state index contributed by atoms with van der Waals surface area (Å²) in [6.07, 6.45) is 4.60. The highest BCUT2D eigenvalue weighted by atomic mass is 15.1. The third-order valence-corrected chi connectivity index (χ3v) is 4.01. The Balaban J connectivity index is 2.34. The lowest BCUT2D eigenvalue weighted by Gasteiger charge is -2.28. The van der Waals surface area contributed by atoms with E-state index < -0.39 is 0 Å². The van der Waals surface area contributed by atoms with Crippen molar-refractivity contribution in [2.75, 3.05) is 14.1 Å². The zero-order valence-corrected chi connectivity index (χ0v) is 11.6. The Morgan fingerprint density at radius 1 is 1.28 bits per heavy atom. The second-order valence-corrected chi connectivity index (χ2v) is 5.43. The van der Waals surface area contributed by atoms with Crippen LogP contribution in [0.2, 0.25) is 0 Å². The molecule has 1 aromatic rings. The summed E-state index contributed by atoms with van der Waals surface area (Å²) in [5.41, 5.74) is 4.29. The van der Waals surface area contributed by atoms with Gasteiger partial charge in [-0.15, -0.1) is 0 Å². The van der Waals surface area contributed by atoms with Crippen molar-refractivity contribution in [3.05, 3.63) is 34.9 Å². The standard InChI is InChI=1S/C16H22N2/c1-4-12(11-17)16(18(2)3)15-9-8-13-6-5-7-14(13)10-15/h8-10,12,16H,4-7H2,1-3H3. The number of hydrogen-bond donors (Lipinski definition) is 0. The highest BCUT2D eigenvalue weighted by Crippen LogP contribution is 2.32. The highest BCUT2D eigenvalue weighted by Gasteiger charge is 2.25. The summed E-state index contributed by atoms with van der Waals surface area (Å²) in [7, 11) is 4.13. The Morgan fingerprint density at radius 2 is 2.00 bits per heavy atom. The van der Waals surface area contributed by atoms with E-state index in [1.54, 1.807) is 0 Å². The van der Waals surface area contributed by atoms with E-state index in [1.165, 1.54) is 36.0 Å². The van der Waals surface area contributed by atoms with Crippen LogP contribution in [-0.4, -0.2) is 19.0 Å². The normalized spacial score (nSPS) is 17.3. The molecule has 2 unspecified atom stereocenters. The van der Waals surface area contributed by atoms with Crippen molar-refractivity contribution >= 4 is 0 Å². The van der Waals surface area contributed by atoms with Crippen molar-refractivity contribution in [3.8, 4) is 6.07 Å². The molecule has 0 bridgehead atoms.